The molecule has 0 aliphatic heterocycles. The lowest BCUT2D eigenvalue weighted by Crippen LogP contribution is -2.02. The zero-order valence-electron chi connectivity index (χ0n) is 10.5. The van der Waals surface area contributed by atoms with Gasteiger partial charge in [-0.05, 0) is 18.9 Å². The molecule has 0 aromatic heterocycles. The molecule has 104 valence electrons. The summed E-state index contributed by atoms with van der Waals surface area (Å²) in [6, 6.07) is 4.08. The van der Waals surface area contributed by atoms with Crippen LogP contribution in [0.5, 0.6) is 11.5 Å². The van der Waals surface area contributed by atoms with Gasteiger partial charge in [0.1, 0.15) is 0 Å². The van der Waals surface area contributed by atoms with Crippen molar-refractivity contribution < 1.29 is 24.3 Å². The number of aliphatic carboxylic acids is 1. The van der Waals surface area contributed by atoms with Gasteiger partial charge in [-0.25, -0.2) is 0 Å². The first kappa shape index (κ1) is 14.7. The van der Waals surface area contributed by atoms with Crippen molar-refractivity contribution in [1.29, 1.82) is 0 Å². The molecule has 0 heterocycles. The highest BCUT2D eigenvalue weighted by Gasteiger charge is 2.12. The Bertz CT molecular complexity index is 460. The summed E-state index contributed by atoms with van der Waals surface area (Å²) in [4.78, 5) is 20.4. The lowest BCUT2D eigenvalue weighted by atomic mass is 10.2. The second-order valence-corrected chi connectivity index (χ2v) is 3.79. The van der Waals surface area contributed by atoms with Crippen molar-refractivity contribution in [2.24, 2.45) is 0 Å². The summed E-state index contributed by atoms with van der Waals surface area (Å²) < 4.78 is 10.4. The molecule has 19 heavy (non-hydrogen) atoms. The van der Waals surface area contributed by atoms with E-state index in [1.165, 1.54) is 25.3 Å². The fourth-order valence-corrected chi connectivity index (χ4v) is 1.45. The topological polar surface area (TPSA) is 98.9 Å². The predicted octanol–water partition coefficient (Wildman–Crippen LogP) is 2.24. The summed E-state index contributed by atoms with van der Waals surface area (Å²) in [5.74, 6) is -0.149. The second-order valence-electron chi connectivity index (χ2n) is 3.79. The number of carbonyl (C=O) groups is 1. The number of benzene rings is 1. The standard InChI is InChI=1S/C12H15NO6/c1-18-11-8-9(13(16)17)5-6-10(11)19-7-3-2-4-12(14)15/h5-6,8H,2-4,7H2,1H3,(H,14,15). The number of hydrogen-bond acceptors (Lipinski definition) is 5. The van der Waals surface area contributed by atoms with Crippen LogP contribution in [0.4, 0.5) is 5.69 Å². The summed E-state index contributed by atoms with van der Waals surface area (Å²) in [7, 11) is 1.40. The van der Waals surface area contributed by atoms with Crippen molar-refractivity contribution >= 4 is 11.7 Å². The molecule has 0 saturated carbocycles. The minimum absolute atomic E-state index is 0.0740. The van der Waals surface area contributed by atoms with Gasteiger partial charge < -0.3 is 14.6 Å². The van der Waals surface area contributed by atoms with Gasteiger partial charge in [0.05, 0.1) is 24.7 Å². The smallest absolute Gasteiger partial charge is 0.303 e. The van der Waals surface area contributed by atoms with Crippen LogP contribution >= 0.6 is 0 Å². The van der Waals surface area contributed by atoms with E-state index in [0.717, 1.165) is 0 Å². The molecule has 0 bridgehead atoms. The number of carboxylic acid groups (broad SMARTS) is 1. The van der Waals surface area contributed by atoms with E-state index in [9.17, 15) is 14.9 Å². The van der Waals surface area contributed by atoms with Gasteiger partial charge in [0.2, 0.25) is 0 Å². The number of hydrogen-bond donors (Lipinski definition) is 1. The van der Waals surface area contributed by atoms with E-state index in [1.54, 1.807) is 0 Å². The van der Waals surface area contributed by atoms with Gasteiger partial charge >= 0.3 is 5.97 Å². The van der Waals surface area contributed by atoms with E-state index in [1.807, 2.05) is 0 Å². The van der Waals surface area contributed by atoms with Crippen LogP contribution in [0.25, 0.3) is 0 Å². The van der Waals surface area contributed by atoms with Crippen LogP contribution in [0.1, 0.15) is 19.3 Å². The first-order chi connectivity index (χ1) is 9.04. The lowest BCUT2D eigenvalue weighted by molar-refractivity contribution is -0.385. The average Bonchev–Trinajstić information content (AvgIpc) is 2.37. The largest absolute Gasteiger partial charge is 0.493 e. The van der Waals surface area contributed by atoms with Crippen LogP contribution in [0.2, 0.25) is 0 Å². The van der Waals surface area contributed by atoms with E-state index in [-0.39, 0.29) is 17.9 Å². The van der Waals surface area contributed by atoms with Crippen LogP contribution in [-0.2, 0) is 4.79 Å². The van der Waals surface area contributed by atoms with Gasteiger partial charge in [-0.3, -0.25) is 14.9 Å². The lowest BCUT2D eigenvalue weighted by Gasteiger charge is -2.09. The maximum absolute atomic E-state index is 10.6. The summed E-state index contributed by atoms with van der Waals surface area (Å²) in [5, 5.41) is 19.1. The summed E-state index contributed by atoms with van der Waals surface area (Å²) in [6.45, 7) is 0.335. The van der Waals surface area contributed by atoms with Crippen LogP contribution in [0.3, 0.4) is 0 Å². The Morgan fingerprint density at radius 2 is 2.11 bits per heavy atom. The average molecular weight is 269 g/mol. The Morgan fingerprint density at radius 3 is 2.68 bits per heavy atom. The molecule has 0 atom stereocenters. The van der Waals surface area contributed by atoms with Crippen molar-refractivity contribution in [1.82, 2.24) is 0 Å². The highest BCUT2D eigenvalue weighted by molar-refractivity contribution is 5.66. The molecule has 0 aliphatic carbocycles. The number of carboxylic acids is 1. The van der Waals surface area contributed by atoms with Crippen LogP contribution in [0.15, 0.2) is 18.2 Å². The molecule has 0 amide bonds. The third-order valence-electron chi connectivity index (χ3n) is 2.40. The van der Waals surface area contributed by atoms with E-state index in [0.29, 0.717) is 25.2 Å². The minimum atomic E-state index is -0.840. The van der Waals surface area contributed by atoms with Gasteiger partial charge in [0.25, 0.3) is 5.69 Å². The third kappa shape index (κ3) is 4.82. The summed E-state index contributed by atoms with van der Waals surface area (Å²) >= 11 is 0. The first-order valence-corrected chi connectivity index (χ1v) is 5.71. The van der Waals surface area contributed by atoms with Gasteiger partial charge in [-0.1, -0.05) is 0 Å². The molecule has 7 heteroatoms. The normalized spacial score (nSPS) is 9.95. The number of non-ortho nitro benzene ring substituents is 1. The molecule has 1 N–H and O–H groups in total. The first-order valence-electron chi connectivity index (χ1n) is 5.71. The number of nitro benzene ring substituents is 1. The SMILES string of the molecule is COc1cc([N+](=O)[O-])ccc1OCCCCC(=O)O. The van der Waals surface area contributed by atoms with Crippen molar-refractivity contribution in [2.45, 2.75) is 19.3 Å². The molecule has 1 aromatic carbocycles. The Morgan fingerprint density at radius 1 is 1.37 bits per heavy atom. The number of ether oxygens (including phenoxy) is 2. The van der Waals surface area contributed by atoms with Gasteiger partial charge in [-0.2, -0.15) is 0 Å². The Balaban J connectivity index is 2.53. The van der Waals surface area contributed by atoms with E-state index >= 15 is 0 Å². The fraction of sp³-hybridized carbons (Fsp3) is 0.417. The third-order valence-corrected chi connectivity index (χ3v) is 2.40. The number of nitrogens with zero attached hydrogens (tertiary/aromatic N) is 1. The molecule has 0 spiro atoms. The highest BCUT2D eigenvalue weighted by Crippen LogP contribution is 2.31. The van der Waals surface area contributed by atoms with Crippen LogP contribution in [0, 0.1) is 10.1 Å². The Labute approximate surface area is 109 Å². The van der Waals surface area contributed by atoms with Gasteiger partial charge in [0.15, 0.2) is 11.5 Å². The second kappa shape index (κ2) is 7.20. The maximum Gasteiger partial charge on any atom is 0.303 e. The molecule has 7 nitrogen and oxygen atoms in total. The Hall–Kier alpha value is -2.31. The van der Waals surface area contributed by atoms with Crippen molar-refractivity contribution in [3.63, 3.8) is 0 Å². The molecular formula is C12H15NO6. The Kier molecular flexibility index (Phi) is 5.59. The number of methoxy groups -OCH3 is 1. The quantitative estimate of drug-likeness (QED) is 0.441. The van der Waals surface area contributed by atoms with Crippen molar-refractivity contribution in [2.75, 3.05) is 13.7 Å². The summed E-state index contributed by atoms with van der Waals surface area (Å²) in [6.07, 6.45) is 1.21. The molecule has 0 fully saturated rings. The molecule has 1 aromatic rings. The number of unbranched alkanes of at least 4 members (excludes halogenated alkanes) is 1. The van der Waals surface area contributed by atoms with E-state index in [4.69, 9.17) is 14.6 Å². The highest BCUT2D eigenvalue weighted by atomic mass is 16.6. The molecular weight excluding hydrogens is 254 g/mol. The van der Waals surface area contributed by atoms with Crippen LogP contribution < -0.4 is 9.47 Å². The van der Waals surface area contributed by atoms with E-state index < -0.39 is 10.9 Å². The monoisotopic (exact) mass is 269 g/mol. The number of rotatable bonds is 8. The van der Waals surface area contributed by atoms with E-state index in [2.05, 4.69) is 0 Å². The molecule has 1 rings (SSSR count). The molecule has 0 saturated heterocycles. The van der Waals surface area contributed by atoms with Gasteiger partial charge in [0, 0.05) is 12.5 Å². The van der Waals surface area contributed by atoms with Gasteiger partial charge in [-0.15, -0.1) is 0 Å². The zero-order valence-corrected chi connectivity index (χ0v) is 10.5. The van der Waals surface area contributed by atoms with Crippen molar-refractivity contribution in [3.05, 3.63) is 28.3 Å². The predicted molar refractivity (Wildman–Crippen MR) is 66.6 cm³/mol. The minimum Gasteiger partial charge on any atom is -0.493 e. The molecule has 0 radical (unpaired) electrons. The van der Waals surface area contributed by atoms with Crippen LogP contribution in [-0.4, -0.2) is 29.7 Å². The maximum atomic E-state index is 10.6. The fourth-order valence-electron chi connectivity index (χ4n) is 1.45. The molecule has 0 unspecified atom stereocenters. The number of nitro groups is 1. The zero-order chi connectivity index (χ0) is 14.3. The summed E-state index contributed by atoms with van der Waals surface area (Å²) in [5.41, 5.74) is -0.0740. The van der Waals surface area contributed by atoms with Crippen molar-refractivity contribution in [3.8, 4) is 11.5 Å². The molecule has 0 aliphatic rings.